The van der Waals surface area contributed by atoms with Gasteiger partial charge in [0.05, 0.1) is 0 Å². The van der Waals surface area contributed by atoms with E-state index in [1.807, 2.05) is 0 Å². The van der Waals surface area contributed by atoms with Crippen molar-refractivity contribution in [3.63, 3.8) is 0 Å². The molecule has 3 N–H and O–H groups in total. The number of carbonyl (C=O) groups excluding carboxylic acids is 1. The molecule has 5 nitrogen and oxygen atoms in total. The van der Waals surface area contributed by atoms with Crippen LogP contribution in [0.2, 0.25) is 0 Å². The number of nitrogens with one attached hydrogen (secondary N) is 2. The number of carbonyl (C=O) groups is 2. The van der Waals surface area contributed by atoms with E-state index < -0.39 is 11.5 Å². The first kappa shape index (κ1) is 13.3. The van der Waals surface area contributed by atoms with Crippen molar-refractivity contribution in [2.75, 3.05) is 13.1 Å². The number of carboxylic acid groups (broad SMARTS) is 1. The third kappa shape index (κ3) is 3.02. The van der Waals surface area contributed by atoms with Crippen LogP contribution in [0.4, 0.5) is 0 Å². The Bertz CT molecular complexity index is 335. The van der Waals surface area contributed by atoms with E-state index in [0.29, 0.717) is 12.3 Å². The van der Waals surface area contributed by atoms with E-state index >= 15 is 0 Å². The number of rotatable bonds is 5. The molecule has 2 rings (SSSR count). The molecule has 1 aliphatic heterocycles. The van der Waals surface area contributed by atoms with Crippen molar-refractivity contribution < 1.29 is 14.7 Å². The normalized spacial score (nSPS) is 27.3. The molecule has 1 heterocycles. The minimum atomic E-state index is -1.07. The van der Waals surface area contributed by atoms with Crippen molar-refractivity contribution in [1.29, 1.82) is 0 Å². The largest absolute Gasteiger partial charge is 0.480 e. The molecule has 2 atom stereocenters. The Balaban J connectivity index is 1.86. The lowest BCUT2D eigenvalue weighted by molar-refractivity contribution is -0.148. The number of carboxylic acids is 1. The smallest absolute Gasteiger partial charge is 0.329 e. The van der Waals surface area contributed by atoms with Crippen LogP contribution in [0.1, 0.15) is 39.0 Å². The summed E-state index contributed by atoms with van der Waals surface area (Å²) in [5, 5.41) is 15.3. The highest BCUT2D eigenvalue weighted by atomic mass is 16.4. The van der Waals surface area contributed by atoms with Crippen LogP contribution in [0.25, 0.3) is 0 Å². The van der Waals surface area contributed by atoms with Crippen LogP contribution in [-0.4, -0.2) is 35.6 Å². The maximum Gasteiger partial charge on any atom is 0.329 e. The average molecular weight is 254 g/mol. The first-order valence-electron chi connectivity index (χ1n) is 6.77. The molecule has 0 aromatic rings. The second-order valence-corrected chi connectivity index (χ2v) is 5.75. The van der Waals surface area contributed by atoms with Gasteiger partial charge in [-0.25, -0.2) is 4.79 Å². The van der Waals surface area contributed by atoms with Crippen LogP contribution < -0.4 is 10.6 Å². The van der Waals surface area contributed by atoms with Crippen molar-refractivity contribution in [3.8, 4) is 0 Å². The van der Waals surface area contributed by atoms with Gasteiger partial charge in [-0.1, -0.05) is 0 Å². The fourth-order valence-corrected chi connectivity index (χ4v) is 2.69. The van der Waals surface area contributed by atoms with Gasteiger partial charge in [0.1, 0.15) is 5.54 Å². The third-order valence-corrected chi connectivity index (χ3v) is 4.11. The summed E-state index contributed by atoms with van der Waals surface area (Å²) in [5.74, 6) is -0.597. The van der Waals surface area contributed by atoms with Gasteiger partial charge in [0.15, 0.2) is 0 Å². The Morgan fingerprint density at radius 3 is 2.61 bits per heavy atom. The first-order valence-corrected chi connectivity index (χ1v) is 6.77. The molecule has 2 unspecified atom stereocenters. The van der Waals surface area contributed by atoms with Gasteiger partial charge in [0.2, 0.25) is 5.91 Å². The Labute approximate surface area is 107 Å². The maximum absolute atomic E-state index is 12.0. The van der Waals surface area contributed by atoms with E-state index in [1.165, 1.54) is 0 Å². The zero-order chi connectivity index (χ0) is 13.2. The molecule has 0 spiro atoms. The highest BCUT2D eigenvalue weighted by Crippen LogP contribution is 2.39. The van der Waals surface area contributed by atoms with Gasteiger partial charge in [-0.05, 0) is 57.5 Å². The zero-order valence-electron chi connectivity index (χ0n) is 10.9. The SMILES string of the molecule is CC(NC(=O)CC1CCCNC1)(C(=O)O)C1CC1. The van der Waals surface area contributed by atoms with Gasteiger partial charge in [-0.2, -0.15) is 0 Å². The van der Waals surface area contributed by atoms with E-state index in [2.05, 4.69) is 10.6 Å². The standard InChI is InChI=1S/C13H22N2O3/c1-13(12(17)18,10-4-5-10)15-11(16)7-9-3-2-6-14-8-9/h9-10,14H,2-8H2,1H3,(H,15,16)(H,17,18). The number of hydrogen-bond acceptors (Lipinski definition) is 3. The molecule has 1 aliphatic carbocycles. The van der Waals surface area contributed by atoms with Gasteiger partial charge in [-0.15, -0.1) is 0 Å². The lowest BCUT2D eigenvalue weighted by Gasteiger charge is -2.28. The Hall–Kier alpha value is -1.10. The molecule has 0 aromatic carbocycles. The molecule has 0 bridgehead atoms. The number of hydrogen-bond donors (Lipinski definition) is 3. The third-order valence-electron chi connectivity index (χ3n) is 4.11. The van der Waals surface area contributed by atoms with Crippen LogP contribution in [-0.2, 0) is 9.59 Å². The molecule has 2 aliphatic rings. The predicted molar refractivity (Wildman–Crippen MR) is 67.1 cm³/mol. The van der Waals surface area contributed by atoms with E-state index in [4.69, 9.17) is 0 Å². The number of piperidine rings is 1. The molecule has 5 heteroatoms. The second-order valence-electron chi connectivity index (χ2n) is 5.75. The van der Waals surface area contributed by atoms with E-state index in [0.717, 1.165) is 38.8 Å². The second kappa shape index (κ2) is 5.26. The van der Waals surface area contributed by atoms with Crippen molar-refractivity contribution in [2.24, 2.45) is 11.8 Å². The average Bonchev–Trinajstić information content (AvgIpc) is 3.13. The van der Waals surface area contributed by atoms with Crippen LogP contribution >= 0.6 is 0 Å². The summed E-state index contributed by atoms with van der Waals surface area (Å²) in [6, 6.07) is 0. The first-order chi connectivity index (χ1) is 8.52. The van der Waals surface area contributed by atoms with Crippen LogP contribution in [0.5, 0.6) is 0 Å². The molecule has 0 aromatic heterocycles. The minimum absolute atomic E-state index is 0.100. The van der Waals surface area contributed by atoms with Crippen LogP contribution in [0.3, 0.4) is 0 Å². The van der Waals surface area contributed by atoms with E-state index in [1.54, 1.807) is 6.92 Å². The topological polar surface area (TPSA) is 78.4 Å². The summed E-state index contributed by atoms with van der Waals surface area (Å²) in [6.07, 6.45) is 4.37. The highest BCUT2D eigenvalue weighted by molar-refractivity contribution is 5.87. The van der Waals surface area contributed by atoms with Gasteiger partial charge >= 0.3 is 5.97 Å². The fourth-order valence-electron chi connectivity index (χ4n) is 2.69. The molecular weight excluding hydrogens is 232 g/mol. The van der Waals surface area contributed by atoms with Crippen LogP contribution in [0.15, 0.2) is 0 Å². The monoisotopic (exact) mass is 254 g/mol. The molecule has 102 valence electrons. The van der Waals surface area contributed by atoms with E-state index in [9.17, 15) is 14.7 Å². The summed E-state index contributed by atoms with van der Waals surface area (Å²) in [6.45, 7) is 3.51. The molecular formula is C13H22N2O3. The van der Waals surface area contributed by atoms with Crippen molar-refractivity contribution in [3.05, 3.63) is 0 Å². The zero-order valence-corrected chi connectivity index (χ0v) is 10.9. The quantitative estimate of drug-likeness (QED) is 0.676. The fraction of sp³-hybridized carbons (Fsp3) is 0.846. The number of aliphatic carboxylic acids is 1. The Morgan fingerprint density at radius 2 is 2.11 bits per heavy atom. The van der Waals surface area contributed by atoms with Gasteiger partial charge < -0.3 is 15.7 Å². The predicted octanol–water partition coefficient (Wildman–Crippen LogP) is 0.746. The Morgan fingerprint density at radius 1 is 1.39 bits per heavy atom. The highest BCUT2D eigenvalue weighted by Gasteiger charge is 2.48. The van der Waals surface area contributed by atoms with E-state index in [-0.39, 0.29) is 11.8 Å². The van der Waals surface area contributed by atoms with Crippen molar-refractivity contribution in [2.45, 2.75) is 44.6 Å². The van der Waals surface area contributed by atoms with Gasteiger partial charge in [0.25, 0.3) is 0 Å². The maximum atomic E-state index is 12.0. The molecule has 1 saturated carbocycles. The summed E-state index contributed by atoms with van der Waals surface area (Å²) in [4.78, 5) is 23.3. The van der Waals surface area contributed by atoms with Crippen molar-refractivity contribution >= 4 is 11.9 Å². The Kier molecular flexibility index (Phi) is 3.90. The lowest BCUT2D eigenvalue weighted by atomic mass is 9.93. The summed E-state index contributed by atoms with van der Waals surface area (Å²) >= 11 is 0. The molecule has 2 fully saturated rings. The molecule has 1 amide bonds. The van der Waals surface area contributed by atoms with Gasteiger partial charge in [0, 0.05) is 6.42 Å². The summed E-state index contributed by atoms with van der Waals surface area (Å²) in [5.41, 5.74) is -1.07. The number of amides is 1. The molecule has 18 heavy (non-hydrogen) atoms. The minimum Gasteiger partial charge on any atom is -0.480 e. The van der Waals surface area contributed by atoms with Crippen LogP contribution in [0, 0.1) is 11.8 Å². The van der Waals surface area contributed by atoms with Crippen molar-refractivity contribution in [1.82, 2.24) is 10.6 Å². The van der Waals surface area contributed by atoms with Gasteiger partial charge in [-0.3, -0.25) is 4.79 Å². The molecule has 0 radical (unpaired) electrons. The summed E-state index contributed by atoms with van der Waals surface area (Å²) in [7, 11) is 0. The lowest BCUT2D eigenvalue weighted by Crippen LogP contribution is -2.54. The molecule has 1 saturated heterocycles. The summed E-state index contributed by atoms with van der Waals surface area (Å²) < 4.78 is 0.